The molecule has 0 radical (unpaired) electrons. The second-order valence-electron chi connectivity index (χ2n) is 15.2. The van der Waals surface area contributed by atoms with Crippen molar-refractivity contribution < 1.29 is 20.4 Å². The monoisotopic (exact) mass is 757 g/mol. The zero-order valence-electron chi connectivity index (χ0n) is 36.3. The molecule has 4 aromatic carbocycles. The van der Waals surface area contributed by atoms with E-state index in [4.69, 9.17) is 20.4 Å². The van der Waals surface area contributed by atoms with Gasteiger partial charge in [-0.1, -0.05) is 175 Å². The van der Waals surface area contributed by atoms with E-state index in [1.165, 1.54) is 112 Å². The molecule has 0 aromatic heterocycles. The molecule has 0 bridgehead atoms. The van der Waals surface area contributed by atoms with Crippen molar-refractivity contribution in [1.82, 2.24) is 0 Å². The van der Waals surface area contributed by atoms with E-state index in [-0.39, 0.29) is 5.41 Å². The number of hydrogen-bond acceptors (Lipinski definition) is 4. The number of benzene rings is 4. The fourth-order valence-corrected chi connectivity index (χ4v) is 5.50. The zero-order chi connectivity index (χ0) is 41.2. The smallest absolute Gasteiger partial charge is 0.115 e. The largest absolute Gasteiger partial charge is 0.508 e. The number of phenols is 4. The normalized spacial score (nSPS) is 10.3. The molecule has 0 amide bonds. The van der Waals surface area contributed by atoms with Crippen molar-refractivity contribution >= 4 is 0 Å². The summed E-state index contributed by atoms with van der Waals surface area (Å²) in [6, 6.07) is 29.9. The van der Waals surface area contributed by atoms with Gasteiger partial charge >= 0.3 is 0 Å². The highest BCUT2D eigenvalue weighted by molar-refractivity contribution is 5.30. The first-order valence-electron chi connectivity index (χ1n) is 21.6. The van der Waals surface area contributed by atoms with Crippen LogP contribution in [0.25, 0.3) is 0 Å². The van der Waals surface area contributed by atoms with Crippen LogP contribution in [0.5, 0.6) is 23.0 Å². The van der Waals surface area contributed by atoms with E-state index in [1.807, 2.05) is 48.5 Å². The molecule has 4 N–H and O–H groups in total. The second kappa shape index (κ2) is 33.4. The Hall–Kier alpha value is -3.92. The summed E-state index contributed by atoms with van der Waals surface area (Å²) in [7, 11) is 0. The van der Waals surface area contributed by atoms with Gasteiger partial charge in [0.25, 0.3) is 0 Å². The molecule has 0 fully saturated rings. The molecule has 0 aliphatic carbocycles. The number of rotatable bonds is 18. The molecule has 4 rings (SSSR count). The van der Waals surface area contributed by atoms with Crippen LogP contribution in [0.1, 0.15) is 174 Å². The number of aromatic hydroxyl groups is 4. The van der Waals surface area contributed by atoms with Crippen LogP contribution in [-0.4, -0.2) is 20.4 Å². The Morgan fingerprint density at radius 2 is 0.582 bits per heavy atom. The minimum Gasteiger partial charge on any atom is -0.508 e. The highest BCUT2D eigenvalue weighted by Gasteiger charge is 2.17. The van der Waals surface area contributed by atoms with Gasteiger partial charge in [0, 0.05) is 0 Å². The zero-order valence-corrected chi connectivity index (χ0v) is 36.3. The lowest BCUT2D eigenvalue weighted by Crippen LogP contribution is -2.14. The minimum absolute atomic E-state index is 0.216. The van der Waals surface area contributed by atoms with Crippen LogP contribution in [0.15, 0.2) is 97.1 Å². The van der Waals surface area contributed by atoms with E-state index in [1.54, 1.807) is 48.5 Å². The highest BCUT2D eigenvalue weighted by Crippen LogP contribution is 2.27. The summed E-state index contributed by atoms with van der Waals surface area (Å²) in [6.45, 7) is 17.7. The SMILES string of the molecule is CCC(C)(C)c1ccc(O)cc1.CCCCCCC.CCCCCCc1ccc(O)cc1.CCCCCc1ccc(O)cc1.CCCCc1ccc(O)cc1. The van der Waals surface area contributed by atoms with Crippen molar-refractivity contribution in [3.05, 3.63) is 119 Å². The first-order valence-corrected chi connectivity index (χ1v) is 21.6. The molecule has 0 atom stereocenters. The van der Waals surface area contributed by atoms with Crippen molar-refractivity contribution in [3.8, 4) is 23.0 Å². The van der Waals surface area contributed by atoms with Gasteiger partial charge in [-0.15, -0.1) is 0 Å². The Morgan fingerprint density at radius 1 is 0.327 bits per heavy atom. The van der Waals surface area contributed by atoms with Crippen molar-refractivity contribution in [2.24, 2.45) is 0 Å². The molecule has 0 saturated heterocycles. The van der Waals surface area contributed by atoms with Gasteiger partial charge in [0.1, 0.15) is 23.0 Å². The maximum Gasteiger partial charge on any atom is 0.115 e. The van der Waals surface area contributed by atoms with Crippen LogP contribution in [0.3, 0.4) is 0 Å². The second-order valence-corrected chi connectivity index (χ2v) is 15.2. The molecule has 4 aromatic rings. The summed E-state index contributed by atoms with van der Waals surface area (Å²) in [4.78, 5) is 0. The number of aryl methyl sites for hydroxylation is 3. The predicted molar refractivity (Wildman–Crippen MR) is 240 cm³/mol. The lowest BCUT2D eigenvalue weighted by molar-refractivity contribution is 0.471. The van der Waals surface area contributed by atoms with E-state index >= 15 is 0 Å². The molecule has 4 nitrogen and oxygen atoms in total. The Kier molecular flexibility index (Phi) is 31.0. The molecule has 0 aliphatic rings. The number of unbranched alkanes of at least 4 members (excludes halogenated alkanes) is 10. The van der Waals surface area contributed by atoms with Crippen LogP contribution in [-0.2, 0) is 24.7 Å². The van der Waals surface area contributed by atoms with Crippen molar-refractivity contribution in [3.63, 3.8) is 0 Å². The summed E-state index contributed by atoms with van der Waals surface area (Å²) < 4.78 is 0. The van der Waals surface area contributed by atoms with Crippen molar-refractivity contribution in [2.45, 2.75) is 176 Å². The van der Waals surface area contributed by atoms with Crippen LogP contribution >= 0.6 is 0 Å². The minimum atomic E-state index is 0.216. The molecule has 0 aliphatic heterocycles. The molecular formula is C51H80O4. The third kappa shape index (κ3) is 28.2. The molecule has 0 spiro atoms. The maximum atomic E-state index is 9.10. The summed E-state index contributed by atoms with van der Waals surface area (Å²) in [5, 5.41) is 36.2. The van der Waals surface area contributed by atoms with Crippen LogP contribution < -0.4 is 0 Å². The maximum absolute atomic E-state index is 9.10. The fourth-order valence-electron chi connectivity index (χ4n) is 5.50. The number of phenolic OH excluding ortho intramolecular Hbond substituents is 4. The summed E-state index contributed by atoms with van der Waals surface area (Å²) in [5.74, 6) is 1.41. The quantitative estimate of drug-likeness (QED) is 0.0762. The van der Waals surface area contributed by atoms with E-state index < -0.39 is 0 Å². The first kappa shape index (κ1) is 51.1. The van der Waals surface area contributed by atoms with Gasteiger partial charge in [-0.25, -0.2) is 0 Å². The Labute approximate surface area is 338 Å². The average molecular weight is 757 g/mol. The van der Waals surface area contributed by atoms with Gasteiger partial charge in [-0.3, -0.25) is 0 Å². The Bertz CT molecular complexity index is 1390. The number of hydrogen-bond donors (Lipinski definition) is 4. The summed E-state index contributed by atoms with van der Waals surface area (Å²) >= 11 is 0. The van der Waals surface area contributed by atoms with Crippen molar-refractivity contribution in [2.75, 3.05) is 0 Å². The van der Waals surface area contributed by atoms with E-state index in [0.717, 1.165) is 25.7 Å². The molecule has 4 heteroatoms. The molecule has 308 valence electrons. The predicted octanol–water partition coefficient (Wildman–Crippen LogP) is 15.4. The Balaban J connectivity index is 0.000000671. The van der Waals surface area contributed by atoms with Gasteiger partial charge in [-0.05, 0) is 121 Å². The third-order valence-corrected chi connectivity index (χ3v) is 9.76. The van der Waals surface area contributed by atoms with Gasteiger partial charge in [0.2, 0.25) is 0 Å². The van der Waals surface area contributed by atoms with Crippen LogP contribution in [0.2, 0.25) is 0 Å². The molecule has 0 saturated carbocycles. The molecule has 0 unspecified atom stereocenters. The van der Waals surface area contributed by atoms with E-state index in [0.29, 0.717) is 23.0 Å². The van der Waals surface area contributed by atoms with Gasteiger partial charge in [0.15, 0.2) is 0 Å². The lowest BCUT2D eigenvalue weighted by Gasteiger charge is -2.22. The molecular weight excluding hydrogens is 677 g/mol. The van der Waals surface area contributed by atoms with Crippen molar-refractivity contribution in [1.29, 1.82) is 0 Å². The molecule has 55 heavy (non-hydrogen) atoms. The fraction of sp³-hybridized carbons (Fsp3) is 0.529. The highest BCUT2D eigenvalue weighted by atomic mass is 16.3. The topological polar surface area (TPSA) is 80.9 Å². The van der Waals surface area contributed by atoms with E-state index in [2.05, 4.69) is 55.4 Å². The summed E-state index contributed by atoms with van der Waals surface area (Å²) in [6.07, 6.45) is 23.0. The van der Waals surface area contributed by atoms with Crippen LogP contribution in [0, 0.1) is 0 Å². The molecule has 0 heterocycles. The summed E-state index contributed by atoms with van der Waals surface area (Å²) in [5.41, 5.74) is 5.45. The van der Waals surface area contributed by atoms with Crippen LogP contribution in [0.4, 0.5) is 0 Å². The first-order chi connectivity index (χ1) is 26.5. The van der Waals surface area contributed by atoms with E-state index in [9.17, 15) is 0 Å². The average Bonchev–Trinajstić information content (AvgIpc) is 3.19. The lowest BCUT2D eigenvalue weighted by atomic mass is 9.82. The van der Waals surface area contributed by atoms with Gasteiger partial charge < -0.3 is 20.4 Å². The standard InChI is InChI=1S/C12H18O.2C11H16O.C10H14O.C7H16/c1-2-3-4-5-6-11-7-9-12(13)10-8-11;1-4-11(2,3)9-5-7-10(12)8-6-9;1-2-3-4-5-10-6-8-11(12)9-7-10;1-2-3-4-9-5-7-10(11)8-6-9;1-3-5-7-6-4-2/h7-10,13H,2-6H2,1H3;5-8,12H,4H2,1-3H3;6-9,12H,2-5H2,1H3;5-8,11H,2-4H2,1H3;3-7H2,1-2H3. The third-order valence-electron chi connectivity index (χ3n) is 9.76. The van der Waals surface area contributed by atoms with Gasteiger partial charge in [-0.2, -0.15) is 0 Å². The van der Waals surface area contributed by atoms with Gasteiger partial charge in [0.05, 0.1) is 0 Å². The Morgan fingerprint density at radius 3 is 0.891 bits per heavy atom.